The minimum absolute atomic E-state index is 0.111. The molecule has 16 heavy (non-hydrogen) atoms. The molecular weight excluding hydrogens is 200 g/mol. The van der Waals surface area contributed by atoms with Gasteiger partial charge in [0.05, 0.1) is 6.04 Å². The minimum Gasteiger partial charge on any atom is -0.379 e. The van der Waals surface area contributed by atoms with E-state index in [2.05, 4.69) is 11.9 Å². The lowest BCUT2D eigenvalue weighted by atomic mass is 9.80. The summed E-state index contributed by atoms with van der Waals surface area (Å²) in [4.78, 5) is 11.1. The van der Waals surface area contributed by atoms with Crippen LogP contribution < -0.4 is 11.1 Å². The van der Waals surface area contributed by atoms with E-state index in [4.69, 9.17) is 5.73 Å². The Morgan fingerprint density at radius 3 is 2.44 bits per heavy atom. The first-order chi connectivity index (χ1) is 7.54. The van der Waals surface area contributed by atoms with Crippen molar-refractivity contribution in [3.05, 3.63) is 12.3 Å². The van der Waals surface area contributed by atoms with Crippen LogP contribution >= 0.6 is 0 Å². The quantitative estimate of drug-likeness (QED) is 0.749. The zero-order valence-corrected chi connectivity index (χ0v) is 10.5. The summed E-state index contributed by atoms with van der Waals surface area (Å²) in [7, 11) is 0. The summed E-state index contributed by atoms with van der Waals surface area (Å²) >= 11 is 0. The Morgan fingerprint density at radius 1 is 1.44 bits per heavy atom. The Morgan fingerprint density at radius 2 is 2.00 bits per heavy atom. The van der Waals surface area contributed by atoms with Crippen LogP contribution in [0.3, 0.4) is 0 Å². The third-order valence-electron chi connectivity index (χ3n) is 3.68. The summed E-state index contributed by atoms with van der Waals surface area (Å²) in [5.74, 6) is 1.37. The van der Waals surface area contributed by atoms with Crippen molar-refractivity contribution in [2.45, 2.75) is 45.6 Å². The van der Waals surface area contributed by atoms with E-state index in [0.29, 0.717) is 11.8 Å². The van der Waals surface area contributed by atoms with Gasteiger partial charge in [-0.3, -0.25) is 4.79 Å². The molecule has 1 saturated carbocycles. The second kappa shape index (κ2) is 6.04. The molecule has 3 N–H and O–H groups in total. The molecule has 0 bridgehead atoms. The van der Waals surface area contributed by atoms with Crippen LogP contribution in [0.1, 0.15) is 39.5 Å². The van der Waals surface area contributed by atoms with Gasteiger partial charge in [-0.15, -0.1) is 0 Å². The topological polar surface area (TPSA) is 55.1 Å². The molecule has 92 valence electrons. The highest BCUT2D eigenvalue weighted by Crippen LogP contribution is 2.31. The lowest BCUT2D eigenvalue weighted by molar-refractivity contribution is -0.118. The van der Waals surface area contributed by atoms with Crippen molar-refractivity contribution in [3.8, 4) is 0 Å². The maximum Gasteiger partial charge on any atom is 0.151 e. The molecule has 3 nitrogen and oxygen atoms in total. The smallest absolute Gasteiger partial charge is 0.151 e. The fourth-order valence-electron chi connectivity index (χ4n) is 2.24. The maximum atomic E-state index is 11.1. The van der Waals surface area contributed by atoms with Gasteiger partial charge in [0.25, 0.3) is 0 Å². The molecule has 0 aromatic heterocycles. The third kappa shape index (κ3) is 3.63. The molecule has 0 radical (unpaired) electrons. The Kier molecular flexibility index (Phi) is 5.00. The SMILES string of the molecule is C=C(N[C@@H](C)C(C)=O)C1CCC(CN)CC1. The number of ketones is 1. The molecule has 0 heterocycles. The fraction of sp³-hybridized carbons (Fsp3) is 0.769. The van der Waals surface area contributed by atoms with Gasteiger partial charge in [-0.05, 0) is 57.9 Å². The molecule has 1 fully saturated rings. The Balaban J connectivity index is 2.36. The molecule has 1 rings (SSSR count). The zero-order chi connectivity index (χ0) is 12.1. The van der Waals surface area contributed by atoms with Gasteiger partial charge < -0.3 is 11.1 Å². The Labute approximate surface area is 98.5 Å². The predicted molar refractivity (Wildman–Crippen MR) is 66.9 cm³/mol. The van der Waals surface area contributed by atoms with Gasteiger partial charge in [0, 0.05) is 5.70 Å². The van der Waals surface area contributed by atoms with Crippen molar-refractivity contribution in [1.82, 2.24) is 5.32 Å². The van der Waals surface area contributed by atoms with Gasteiger partial charge in [-0.25, -0.2) is 0 Å². The summed E-state index contributed by atoms with van der Waals surface area (Å²) in [5.41, 5.74) is 6.69. The predicted octanol–water partition coefficient (Wildman–Crippen LogP) is 1.83. The van der Waals surface area contributed by atoms with E-state index < -0.39 is 0 Å². The molecule has 1 aliphatic rings. The molecule has 0 amide bonds. The summed E-state index contributed by atoms with van der Waals surface area (Å²) in [6.45, 7) is 8.35. The highest BCUT2D eigenvalue weighted by Gasteiger charge is 2.23. The molecule has 0 unspecified atom stereocenters. The first-order valence-corrected chi connectivity index (χ1v) is 6.20. The fourth-order valence-corrected chi connectivity index (χ4v) is 2.24. The molecule has 3 heteroatoms. The Bertz CT molecular complexity index is 255. The number of carbonyl (C=O) groups excluding carboxylic acids is 1. The summed E-state index contributed by atoms with van der Waals surface area (Å²) in [6, 6.07) is -0.111. The Hall–Kier alpha value is -0.830. The molecule has 0 aliphatic heterocycles. The van der Waals surface area contributed by atoms with Crippen molar-refractivity contribution in [3.63, 3.8) is 0 Å². The number of carbonyl (C=O) groups is 1. The third-order valence-corrected chi connectivity index (χ3v) is 3.68. The van der Waals surface area contributed by atoms with Crippen LogP contribution in [0.4, 0.5) is 0 Å². The molecular formula is C13H24N2O. The lowest BCUT2D eigenvalue weighted by Gasteiger charge is -2.30. The lowest BCUT2D eigenvalue weighted by Crippen LogP contribution is -2.35. The normalized spacial score (nSPS) is 27.2. The van der Waals surface area contributed by atoms with E-state index in [1.54, 1.807) is 6.92 Å². The van der Waals surface area contributed by atoms with Gasteiger partial charge in [0.2, 0.25) is 0 Å². The van der Waals surface area contributed by atoms with Gasteiger partial charge in [0.15, 0.2) is 5.78 Å². The van der Waals surface area contributed by atoms with Gasteiger partial charge in [-0.1, -0.05) is 6.58 Å². The largest absolute Gasteiger partial charge is 0.379 e. The molecule has 1 aliphatic carbocycles. The number of nitrogens with one attached hydrogen (secondary N) is 1. The second-order valence-electron chi connectivity index (χ2n) is 4.96. The van der Waals surface area contributed by atoms with Crippen molar-refractivity contribution in [1.29, 1.82) is 0 Å². The van der Waals surface area contributed by atoms with Crippen LogP contribution in [0.15, 0.2) is 12.3 Å². The summed E-state index contributed by atoms with van der Waals surface area (Å²) in [5, 5.41) is 3.21. The summed E-state index contributed by atoms with van der Waals surface area (Å²) < 4.78 is 0. The highest BCUT2D eigenvalue weighted by atomic mass is 16.1. The highest BCUT2D eigenvalue weighted by molar-refractivity contribution is 5.81. The number of hydrogen-bond acceptors (Lipinski definition) is 3. The van der Waals surface area contributed by atoms with Gasteiger partial charge in [0.1, 0.15) is 0 Å². The number of Topliss-reactive ketones (excluding diaryl/α,β-unsaturated/α-hetero) is 1. The average Bonchev–Trinajstić information content (AvgIpc) is 2.28. The van der Waals surface area contributed by atoms with Crippen LogP contribution in [0.2, 0.25) is 0 Å². The van der Waals surface area contributed by atoms with Crippen LogP contribution in [0.25, 0.3) is 0 Å². The van der Waals surface area contributed by atoms with E-state index >= 15 is 0 Å². The molecule has 0 aromatic carbocycles. The molecule has 1 atom stereocenters. The van der Waals surface area contributed by atoms with E-state index in [1.807, 2.05) is 6.92 Å². The molecule has 0 spiro atoms. The van der Waals surface area contributed by atoms with Gasteiger partial charge in [-0.2, -0.15) is 0 Å². The van der Waals surface area contributed by atoms with E-state index in [9.17, 15) is 4.79 Å². The zero-order valence-electron chi connectivity index (χ0n) is 10.5. The maximum absolute atomic E-state index is 11.1. The summed E-state index contributed by atoms with van der Waals surface area (Å²) in [6.07, 6.45) is 4.68. The van der Waals surface area contributed by atoms with Crippen molar-refractivity contribution in [2.24, 2.45) is 17.6 Å². The molecule has 0 aromatic rings. The van der Waals surface area contributed by atoms with Crippen LogP contribution in [-0.4, -0.2) is 18.4 Å². The number of rotatable bonds is 5. The van der Waals surface area contributed by atoms with E-state index in [0.717, 1.165) is 25.1 Å². The second-order valence-corrected chi connectivity index (χ2v) is 4.96. The molecule has 0 saturated heterocycles. The first kappa shape index (κ1) is 13.2. The van der Waals surface area contributed by atoms with Gasteiger partial charge >= 0.3 is 0 Å². The van der Waals surface area contributed by atoms with Crippen molar-refractivity contribution < 1.29 is 4.79 Å². The number of hydrogen-bond donors (Lipinski definition) is 2. The van der Waals surface area contributed by atoms with Crippen LogP contribution in [-0.2, 0) is 4.79 Å². The monoisotopic (exact) mass is 224 g/mol. The van der Waals surface area contributed by atoms with E-state index in [-0.39, 0.29) is 11.8 Å². The van der Waals surface area contributed by atoms with Crippen molar-refractivity contribution in [2.75, 3.05) is 6.54 Å². The van der Waals surface area contributed by atoms with E-state index in [1.165, 1.54) is 12.8 Å². The first-order valence-electron chi connectivity index (χ1n) is 6.20. The average molecular weight is 224 g/mol. The number of allylic oxidation sites excluding steroid dienone is 1. The van der Waals surface area contributed by atoms with Crippen molar-refractivity contribution >= 4 is 5.78 Å². The standard InChI is InChI=1S/C13H24N2O/c1-9(11(3)16)15-10(2)13-6-4-12(8-14)5-7-13/h9,12-13,15H,2,4-8,14H2,1,3H3/t9-,12?,13?/m0/s1. The van der Waals surface area contributed by atoms with Crippen LogP contribution in [0, 0.1) is 11.8 Å². The van der Waals surface area contributed by atoms with Crippen LogP contribution in [0.5, 0.6) is 0 Å². The number of nitrogens with two attached hydrogens (primary N) is 1. The minimum atomic E-state index is -0.111.